The lowest BCUT2D eigenvalue weighted by Crippen LogP contribution is -2.41. The molecule has 0 saturated heterocycles. The zero-order valence-electron chi connectivity index (χ0n) is 16.8. The molecule has 0 aliphatic rings. The van der Waals surface area contributed by atoms with Gasteiger partial charge in [0.15, 0.2) is 9.99 Å². The maximum Gasteiger partial charge on any atom is 0.337 e. The van der Waals surface area contributed by atoms with E-state index >= 15 is 0 Å². The van der Waals surface area contributed by atoms with Crippen LogP contribution in [-0.4, -0.2) is 25.8 Å². The predicted octanol–water partition coefficient (Wildman–Crippen LogP) is 3.04. The largest absolute Gasteiger partial charge is 0.350 e. The van der Waals surface area contributed by atoms with Crippen LogP contribution < -0.4 is 16.6 Å². The molecule has 0 radical (unpaired) electrons. The summed E-state index contributed by atoms with van der Waals surface area (Å²) in [5.74, 6) is 0.456. The van der Waals surface area contributed by atoms with Crippen molar-refractivity contribution in [3.63, 3.8) is 0 Å². The molecule has 158 valence electrons. The Labute approximate surface area is 186 Å². The van der Waals surface area contributed by atoms with Gasteiger partial charge >= 0.3 is 5.69 Å². The molecule has 0 aliphatic heterocycles. The highest BCUT2D eigenvalue weighted by Crippen LogP contribution is 2.27. The van der Waals surface area contributed by atoms with Gasteiger partial charge in [-0.3, -0.25) is 14.2 Å². The van der Waals surface area contributed by atoms with Crippen LogP contribution in [-0.2, 0) is 17.9 Å². The number of nitrogens with zero attached hydrogens (tertiary/aromatic N) is 3. The molecular formula is C22H20N4O3S2. The van der Waals surface area contributed by atoms with Crippen molar-refractivity contribution in [3.8, 4) is 5.69 Å². The van der Waals surface area contributed by atoms with E-state index in [9.17, 15) is 14.4 Å². The number of fused-ring (bicyclic) bond motifs is 1. The summed E-state index contributed by atoms with van der Waals surface area (Å²) in [5.41, 5.74) is 0.649. The first-order chi connectivity index (χ1) is 15.1. The minimum atomic E-state index is -0.586. The standard InChI is InChI=1S/C22H20N4O3S2/c1-2-30-21-24-19-18(31-21)20(28)26(16-11-7-4-8-12-16)22(29)25(19)14-17(27)23-13-15-9-5-3-6-10-15/h3-12H,2,13-14H2,1H3,(H,23,27). The van der Waals surface area contributed by atoms with E-state index in [-0.39, 0.29) is 18.1 Å². The fourth-order valence-corrected chi connectivity index (χ4v) is 5.11. The SMILES string of the molecule is CCSc1nc2c(s1)c(=O)n(-c1ccccc1)c(=O)n2CC(=O)NCc1ccccc1. The van der Waals surface area contributed by atoms with E-state index in [1.807, 2.05) is 43.3 Å². The monoisotopic (exact) mass is 452 g/mol. The van der Waals surface area contributed by atoms with Gasteiger partial charge in [-0.05, 0) is 23.4 Å². The molecule has 0 atom stereocenters. The summed E-state index contributed by atoms with van der Waals surface area (Å²) in [4.78, 5) is 43.6. The molecule has 0 unspecified atom stereocenters. The van der Waals surface area contributed by atoms with Crippen LogP contribution in [0.5, 0.6) is 0 Å². The molecule has 0 fully saturated rings. The number of thiazole rings is 1. The molecule has 0 spiro atoms. The van der Waals surface area contributed by atoms with Gasteiger partial charge in [0.05, 0.1) is 5.69 Å². The van der Waals surface area contributed by atoms with Crippen molar-refractivity contribution < 1.29 is 4.79 Å². The number of benzene rings is 2. The summed E-state index contributed by atoms with van der Waals surface area (Å²) in [6.45, 7) is 2.11. The second-order valence-electron chi connectivity index (χ2n) is 6.67. The molecule has 0 saturated carbocycles. The van der Waals surface area contributed by atoms with Crippen LogP contribution in [0.25, 0.3) is 16.0 Å². The molecule has 31 heavy (non-hydrogen) atoms. The quantitative estimate of drug-likeness (QED) is 0.436. The van der Waals surface area contributed by atoms with Crippen LogP contribution in [0.15, 0.2) is 74.6 Å². The molecular weight excluding hydrogens is 432 g/mol. The Morgan fingerprint density at radius 2 is 1.74 bits per heavy atom. The van der Waals surface area contributed by atoms with Gasteiger partial charge in [0, 0.05) is 6.54 Å². The summed E-state index contributed by atoms with van der Waals surface area (Å²) in [6.07, 6.45) is 0. The number of para-hydroxylation sites is 1. The van der Waals surface area contributed by atoms with Crippen molar-refractivity contribution in [2.75, 3.05) is 5.75 Å². The Morgan fingerprint density at radius 1 is 1.06 bits per heavy atom. The fraction of sp³-hybridized carbons (Fsp3) is 0.182. The third-order valence-electron chi connectivity index (χ3n) is 4.58. The van der Waals surface area contributed by atoms with Crippen molar-refractivity contribution in [2.45, 2.75) is 24.4 Å². The zero-order valence-corrected chi connectivity index (χ0v) is 18.4. The maximum atomic E-state index is 13.3. The topological polar surface area (TPSA) is 86.0 Å². The number of thioether (sulfide) groups is 1. The fourth-order valence-electron chi connectivity index (χ4n) is 3.14. The van der Waals surface area contributed by atoms with Crippen molar-refractivity contribution in [1.29, 1.82) is 0 Å². The molecule has 0 bridgehead atoms. The molecule has 4 aromatic rings. The lowest BCUT2D eigenvalue weighted by atomic mass is 10.2. The first-order valence-electron chi connectivity index (χ1n) is 9.73. The second kappa shape index (κ2) is 9.32. The van der Waals surface area contributed by atoms with Crippen LogP contribution in [0, 0.1) is 0 Å². The van der Waals surface area contributed by atoms with Gasteiger partial charge in [-0.25, -0.2) is 14.3 Å². The summed E-state index contributed by atoms with van der Waals surface area (Å²) in [5, 5.41) is 2.83. The first kappa shape index (κ1) is 21.1. The average molecular weight is 453 g/mol. The minimum Gasteiger partial charge on any atom is -0.350 e. The Hall–Kier alpha value is -3.17. The molecule has 7 nitrogen and oxygen atoms in total. The van der Waals surface area contributed by atoms with Gasteiger partial charge in [0.2, 0.25) is 5.91 Å². The summed E-state index contributed by atoms with van der Waals surface area (Å²) in [6, 6.07) is 18.2. The smallest absolute Gasteiger partial charge is 0.337 e. The van der Waals surface area contributed by atoms with Crippen LogP contribution >= 0.6 is 23.1 Å². The number of rotatable bonds is 7. The van der Waals surface area contributed by atoms with Gasteiger partial charge < -0.3 is 5.32 Å². The van der Waals surface area contributed by atoms with Gasteiger partial charge in [-0.2, -0.15) is 0 Å². The van der Waals surface area contributed by atoms with E-state index in [0.29, 0.717) is 21.3 Å². The molecule has 2 aromatic carbocycles. The lowest BCUT2D eigenvalue weighted by Gasteiger charge is -2.11. The summed E-state index contributed by atoms with van der Waals surface area (Å²) < 4.78 is 3.43. The van der Waals surface area contributed by atoms with E-state index < -0.39 is 11.2 Å². The maximum absolute atomic E-state index is 13.3. The molecule has 1 N–H and O–H groups in total. The number of hydrogen-bond donors (Lipinski definition) is 1. The Morgan fingerprint density at radius 3 is 2.42 bits per heavy atom. The van der Waals surface area contributed by atoms with Crippen molar-refractivity contribution >= 4 is 39.4 Å². The van der Waals surface area contributed by atoms with E-state index in [1.165, 1.54) is 27.7 Å². The number of carbonyl (C=O) groups is 1. The third kappa shape index (κ3) is 4.47. The van der Waals surface area contributed by atoms with Crippen molar-refractivity contribution in [1.82, 2.24) is 19.4 Å². The second-order valence-corrected chi connectivity index (χ2v) is 9.18. The van der Waals surface area contributed by atoms with Crippen molar-refractivity contribution in [2.24, 2.45) is 0 Å². The van der Waals surface area contributed by atoms with Crippen LogP contribution in [0.3, 0.4) is 0 Å². The molecule has 1 amide bonds. The molecule has 2 heterocycles. The first-order valence-corrected chi connectivity index (χ1v) is 11.5. The number of aromatic nitrogens is 3. The Kier molecular flexibility index (Phi) is 6.34. The van der Waals surface area contributed by atoms with E-state index in [1.54, 1.807) is 24.3 Å². The highest BCUT2D eigenvalue weighted by molar-refractivity contribution is 8.01. The van der Waals surface area contributed by atoms with Gasteiger partial charge in [-0.1, -0.05) is 67.2 Å². The minimum absolute atomic E-state index is 0.227. The number of hydrogen-bond acceptors (Lipinski definition) is 6. The van der Waals surface area contributed by atoms with Crippen molar-refractivity contribution in [3.05, 3.63) is 87.1 Å². The van der Waals surface area contributed by atoms with Gasteiger partial charge in [0.1, 0.15) is 11.2 Å². The highest BCUT2D eigenvalue weighted by atomic mass is 32.2. The van der Waals surface area contributed by atoms with Gasteiger partial charge in [-0.15, -0.1) is 11.3 Å². The highest BCUT2D eigenvalue weighted by Gasteiger charge is 2.20. The van der Waals surface area contributed by atoms with Crippen LogP contribution in [0.2, 0.25) is 0 Å². The van der Waals surface area contributed by atoms with Crippen LogP contribution in [0.1, 0.15) is 12.5 Å². The van der Waals surface area contributed by atoms with E-state index in [4.69, 9.17) is 0 Å². The van der Waals surface area contributed by atoms with Gasteiger partial charge in [0.25, 0.3) is 5.56 Å². The normalized spacial score (nSPS) is 11.0. The Balaban J connectivity index is 1.76. The third-order valence-corrected chi connectivity index (χ3v) is 6.64. The number of amides is 1. The molecule has 2 aromatic heterocycles. The predicted molar refractivity (Wildman–Crippen MR) is 124 cm³/mol. The molecule has 9 heteroatoms. The summed E-state index contributed by atoms with van der Waals surface area (Å²) in [7, 11) is 0. The number of nitrogens with one attached hydrogen (secondary N) is 1. The average Bonchev–Trinajstić information content (AvgIpc) is 3.21. The zero-order chi connectivity index (χ0) is 21.8. The molecule has 0 aliphatic carbocycles. The Bertz CT molecular complexity index is 1330. The molecule has 4 rings (SSSR count). The lowest BCUT2D eigenvalue weighted by molar-refractivity contribution is -0.121. The number of carbonyl (C=O) groups excluding carboxylic acids is 1. The van der Waals surface area contributed by atoms with Crippen LogP contribution in [0.4, 0.5) is 0 Å². The van der Waals surface area contributed by atoms with E-state index in [2.05, 4.69) is 10.3 Å². The van der Waals surface area contributed by atoms with E-state index in [0.717, 1.165) is 15.9 Å². The summed E-state index contributed by atoms with van der Waals surface area (Å²) >= 11 is 2.74.